The van der Waals surface area contributed by atoms with Crippen LogP contribution in [-0.2, 0) is 0 Å². The van der Waals surface area contributed by atoms with Gasteiger partial charge in [0, 0.05) is 17.1 Å². The lowest BCUT2D eigenvalue weighted by Gasteiger charge is -2.07. The number of nitrogens with zero attached hydrogens (tertiary/aromatic N) is 1. The molecule has 0 radical (unpaired) electrons. The summed E-state index contributed by atoms with van der Waals surface area (Å²) >= 11 is 5.72. The Morgan fingerprint density at radius 3 is 2.94 bits per heavy atom. The predicted octanol–water partition coefficient (Wildman–Crippen LogP) is 2.77. The fourth-order valence-electron chi connectivity index (χ4n) is 1.60. The van der Waals surface area contributed by atoms with Crippen molar-refractivity contribution < 1.29 is 9.66 Å². The Labute approximate surface area is 110 Å². The summed E-state index contributed by atoms with van der Waals surface area (Å²) < 4.78 is 5.42. The molecule has 0 atom stereocenters. The molecule has 98 valence electrons. The SMILES string of the molecule is O=[N+]([O-])c1cc(Cl)ccc1OCCCNC1CC1. The summed E-state index contributed by atoms with van der Waals surface area (Å²) in [6.07, 6.45) is 3.34. The Hall–Kier alpha value is -1.33. The van der Waals surface area contributed by atoms with Crippen molar-refractivity contribution in [3.63, 3.8) is 0 Å². The summed E-state index contributed by atoms with van der Waals surface area (Å²) in [4.78, 5) is 10.3. The van der Waals surface area contributed by atoms with Gasteiger partial charge in [-0.25, -0.2) is 0 Å². The molecule has 0 bridgehead atoms. The standard InChI is InChI=1S/C12H15ClN2O3/c13-9-2-5-12(11(8-9)15(16)17)18-7-1-6-14-10-3-4-10/h2,5,8,10,14H,1,3-4,6-7H2. The zero-order chi connectivity index (χ0) is 13.0. The van der Waals surface area contributed by atoms with Crippen LogP contribution in [0.4, 0.5) is 5.69 Å². The quantitative estimate of drug-likeness (QED) is 0.470. The number of hydrogen-bond donors (Lipinski definition) is 1. The van der Waals surface area contributed by atoms with Gasteiger partial charge < -0.3 is 10.1 Å². The van der Waals surface area contributed by atoms with Gasteiger partial charge >= 0.3 is 5.69 Å². The highest BCUT2D eigenvalue weighted by Gasteiger charge is 2.19. The van der Waals surface area contributed by atoms with Crippen molar-refractivity contribution in [1.82, 2.24) is 5.32 Å². The van der Waals surface area contributed by atoms with E-state index in [9.17, 15) is 10.1 Å². The van der Waals surface area contributed by atoms with Gasteiger partial charge in [0.25, 0.3) is 0 Å². The molecule has 1 aromatic carbocycles. The third-order valence-electron chi connectivity index (χ3n) is 2.71. The second kappa shape index (κ2) is 6.02. The minimum atomic E-state index is -0.482. The van der Waals surface area contributed by atoms with Crippen molar-refractivity contribution in [3.8, 4) is 5.75 Å². The number of ether oxygens (including phenoxy) is 1. The molecular formula is C12H15ClN2O3. The maximum Gasteiger partial charge on any atom is 0.312 e. The van der Waals surface area contributed by atoms with Gasteiger partial charge in [0.15, 0.2) is 5.75 Å². The molecule has 2 rings (SSSR count). The topological polar surface area (TPSA) is 64.4 Å². The van der Waals surface area contributed by atoms with Crippen LogP contribution in [0.5, 0.6) is 5.75 Å². The first-order chi connectivity index (χ1) is 8.66. The van der Waals surface area contributed by atoms with Crippen molar-refractivity contribution in [1.29, 1.82) is 0 Å². The maximum atomic E-state index is 10.8. The van der Waals surface area contributed by atoms with Gasteiger partial charge in [-0.05, 0) is 37.9 Å². The van der Waals surface area contributed by atoms with E-state index in [1.807, 2.05) is 0 Å². The van der Waals surface area contributed by atoms with Gasteiger partial charge in [0.1, 0.15) is 0 Å². The second-order valence-corrected chi connectivity index (χ2v) is 4.74. The fraction of sp³-hybridized carbons (Fsp3) is 0.500. The van der Waals surface area contributed by atoms with Gasteiger partial charge in [-0.15, -0.1) is 0 Å². The summed E-state index contributed by atoms with van der Waals surface area (Å²) in [5.41, 5.74) is -0.0855. The van der Waals surface area contributed by atoms with Crippen LogP contribution >= 0.6 is 11.6 Å². The third-order valence-corrected chi connectivity index (χ3v) is 2.94. The molecular weight excluding hydrogens is 256 g/mol. The number of hydrogen-bond acceptors (Lipinski definition) is 4. The molecule has 0 aliphatic heterocycles. The van der Waals surface area contributed by atoms with Gasteiger partial charge in [-0.1, -0.05) is 11.6 Å². The molecule has 5 nitrogen and oxygen atoms in total. The molecule has 0 amide bonds. The van der Waals surface area contributed by atoms with E-state index in [2.05, 4.69) is 5.32 Å². The van der Waals surface area contributed by atoms with Crippen LogP contribution in [-0.4, -0.2) is 24.1 Å². The number of nitro benzene ring substituents is 1. The predicted molar refractivity (Wildman–Crippen MR) is 69.2 cm³/mol. The maximum absolute atomic E-state index is 10.8. The molecule has 0 spiro atoms. The van der Waals surface area contributed by atoms with E-state index in [-0.39, 0.29) is 11.4 Å². The molecule has 6 heteroatoms. The zero-order valence-electron chi connectivity index (χ0n) is 9.89. The van der Waals surface area contributed by atoms with E-state index in [4.69, 9.17) is 16.3 Å². The number of benzene rings is 1. The Bertz CT molecular complexity index is 435. The first-order valence-corrected chi connectivity index (χ1v) is 6.35. The van der Waals surface area contributed by atoms with Crippen LogP contribution in [0.1, 0.15) is 19.3 Å². The van der Waals surface area contributed by atoms with Crippen molar-refractivity contribution in [2.45, 2.75) is 25.3 Å². The Kier molecular flexibility index (Phi) is 4.38. The molecule has 0 heterocycles. The molecule has 0 saturated heterocycles. The monoisotopic (exact) mass is 270 g/mol. The fourth-order valence-corrected chi connectivity index (χ4v) is 1.77. The van der Waals surface area contributed by atoms with E-state index >= 15 is 0 Å². The van der Waals surface area contributed by atoms with Gasteiger partial charge in [-0.3, -0.25) is 10.1 Å². The zero-order valence-corrected chi connectivity index (χ0v) is 10.7. The van der Waals surface area contributed by atoms with Crippen LogP contribution in [0.15, 0.2) is 18.2 Å². The minimum absolute atomic E-state index is 0.0855. The van der Waals surface area contributed by atoms with E-state index < -0.39 is 4.92 Å². The average molecular weight is 271 g/mol. The molecule has 18 heavy (non-hydrogen) atoms. The molecule has 1 N–H and O–H groups in total. The Morgan fingerprint density at radius 1 is 1.50 bits per heavy atom. The summed E-state index contributed by atoms with van der Waals surface area (Å²) in [7, 11) is 0. The second-order valence-electron chi connectivity index (χ2n) is 4.30. The summed E-state index contributed by atoms with van der Waals surface area (Å²) in [5, 5.41) is 14.5. The number of nitrogens with one attached hydrogen (secondary N) is 1. The van der Waals surface area contributed by atoms with Crippen LogP contribution in [0.2, 0.25) is 5.02 Å². The number of rotatable bonds is 7. The highest BCUT2D eigenvalue weighted by atomic mass is 35.5. The lowest BCUT2D eigenvalue weighted by Crippen LogP contribution is -2.19. The van der Waals surface area contributed by atoms with Crippen LogP contribution in [0.25, 0.3) is 0 Å². The highest BCUT2D eigenvalue weighted by molar-refractivity contribution is 6.30. The number of nitro groups is 1. The van der Waals surface area contributed by atoms with Gasteiger partial charge in [0.05, 0.1) is 11.5 Å². The first kappa shape index (κ1) is 13.1. The van der Waals surface area contributed by atoms with Crippen LogP contribution < -0.4 is 10.1 Å². The van der Waals surface area contributed by atoms with Crippen molar-refractivity contribution in [3.05, 3.63) is 33.3 Å². The summed E-state index contributed by atoms with van der Waals surface area (Å²) in [6, 6.07) is 5.11. The molecule has 0 unspecified atom stereocenters. The van der Waals surface area contributed by atoms with Crippen molar-refractivity contribution in [2.24, 2.45) is 0 Å². The summed E-state index contributed by atoms with van der Waals surface area (Å²) in [5.74, 6) is 0.274. The largest absolute Gasteiger partial charge is 0.487 e. The molecule has 1 aliphatic carbocycles. The van der Waals surface area contributed by atoms with E-state index in [0.717, 1.165) is 13.0 Å². The molecule has 1 aromatic rings. The molecule has 1 aliphatic rings. The Morgan fingerprint density at radius 2 is 2.28 bits per heavy atom. The van der Waals surface area contributed by atoms with E-state index in [1.54, 1.807) is 6.07 Å². The first-order valence-electron chi connectivity index (χ1n) is 5.97. The van der Waals surface area contributed by atoms with Crippen molar-refractivity contribution >= 4 is 17.3 Å². The van der Waals surface area contributed by atoms with Crippen LogP contribution in [0.3, 0.4) is 0 Å². The molecule has 1 fully saturated rings. The lowest BCUT2D eigenvalue weighted by molar-refractivity contribution is -0.385. The van der Waals surface area contributed by atoms with Gasteiger partial charge in [0.2, 0.25) is 0 Å². The van der Waals surface area contributed by atoms with Crippen LogP contribution in [0, 0.1) is 10.1 Å². The smallest absolute Gasteiger partial charge is 0.312 e. The minimum Gasteiger partial charge on any atom is -0.487 e. The van der Waals surface area contributed by atoms with Gasteiger partial charge in [-0.2, -0.15) is 0 Å². The van der Waals surface area contributed by atoms with E-state index in [1.165, 1.54) is 25.0 Å². The average Bonchev–Trinajstić information content (AvgIpc) is 3.14. The normalized spacial score (nSPS) is 14.5. The number of halogens is 1. The van der Waals surface area contributed by atoms with E-state index in [0.29, 0.717) is 17.7 Å². The highest BCUT2D eigenvalue weighted by Crippen LogP contribution is 2.29. The molecule has 0 aromatic heterocycles. The Balaban J connectivity index is 1.81. The third kappa shape index (κ3) is 3.85. The van der Waals surface area contributed by atoms with Crippen molar-refractivity contribution in [2.75, 3.05) is 13.2 Å². The molecule has 1 saturated carbocycles. The summed E-state index contributed by atoms with van der Waals surface area (Å²) in [6.45, 7) is 1.34. The lowest BCUT2D eigenvalue weighted by atomic mass is 10.3.